The molecule has 0 aromatic rings. The van der Waals surface area contributed by atoms with Gasteiger partial charge in [-0.25, -0.2) is 4.79 Å². The predicted molar refractivity (Wildman–Crippen MR) is 41.6 cm³/mol. The van der Waals surface area contributed by atoms with E-state index in [9.17, 15) is 0 Å². The fourth-order valence-corrected chi connectivity index (χ4v) is 0.500. The second kappa shape index (κ2) is 16.7. The average molecular weight is 172 g/mol. The summed E-state index contributed by atoms with van der Waals surface area (Å²) in [5, 5.41) is 13.9. The first-order valence-electron chi connectivity index (χ1n) is 3.57. The Morgan fingerprint density at radius 3 is 1.45 bits per heavy atom. The van der Waals surface area contributed by atoms with Crippen LogP contribution in [0.25, 0.3) is 0 Å². The van der Waals surface area contributed by atoms with Gasteiger partial charge in [0.2, 0.25) is 0 Å². The van der Waals surface area contributed by atoms with E-state index in [1.165, 1.54) is 25.7 Å². The molecule has 0 aliphatic rings. The van der Waals surface area contributed by atoms with Crippen molar-refractivity contribution in [3.05, 3.63) is 0 Å². The van der Waals surface area contributed by atoms with E-state index < -0.39 is 6.16 Å². The summed E-state index contributed by atoms with van der Waals surface area (Å²) >= 11 is 0. The zero-order valence-corrected chi connectivity index (χ0v) is 9.63. The van der Waals surface area contributed by atoms with Crippen LogP contribution in [-0.2, 0) is 0 Å². The maximum absolute atomic E-state index is 8.56. The van der Waals surface area contributed by atoms with Crippen molar-refractivity contribution in [2.45, 2.75) is 39.5 Å². The van der Waals surface area contributed by atoms with Crippen LogP contribution >= 0.6 is 0 Å². The van der Waals surface area contributed by atoms with E-state index in [1.54, 1.807) is 0 Å². The van der Waals surface area contributed by atoms with E-state index >= 15 is 0 Å². The van der Waals surface area contributed by atoms with Crippen LogP contribution in [0.1, 0.15) is 41.0 Å². The minimum Gasteiger partial charge on any atom is -1.00 e. The number of hydrogen-bond acceptors (Lipinski definition) is 1. The molecule has 11 heavy (non-hydrogen) atoms. The van der Waals surface area contributed by atoms with Gasteiger partial charge in [-0.1, -0.05) is 39.5 Å². The van der Waals surface area contributed by atoms with Gasteiger partial charge in [-0.3, -0.25) is 0 Å². The minimum absolute atomic E-state index is 0. The number of carboxylic acid groups (broad SMARTS) is 2. The monoisotopic (exact) mass is 172 g/mol. The summed E-state index contributed by atoms with van der Waals surface area (Å²) in [6, 6.07) is 0. The molecule has 0 spiro atoms. The summed E-state index contributed by atoms with van der Waals surface area (Å²) in [6.07, 6.45) is 3.70. The van der Waals surface area contributed by atoms with Gasteiger partial charge in [-0.15, -0.1) is 0 Å². The van der Waals surface area contributed by atoms with E-state index in [2.05, 4.69) is 13.8 Å². The van der Waals surface area contributed by atoms with Gasteiger partial charge in [0.15, 0.2) is 0 Å². The molecule has 2 N–H and O–H groups in total. The van der Waals surface area contributed by atoms with Gasteiger partial charge in [-0.2, -0.15) is 0 Å². The van der Waals surface area contributed by atoms with Crippen LogP contribution in [0.4, 0.5) is 4.79 Å². The van der Waals surface area contributed by atoms with Crippen molar-refractivity contribution in [1.29, 1.82) is 0 Å². The van der Waals surface area contributed by atoms with Crippen molar-refractivity contribution >= 4 is 6.16 Å². The smallest absolute Gasteiger partial charge is 1.00 e. The Balaban J connectivity index is -0.0000000483. The summed E-state index contributed by atoms with van der Waals surface area (Å²) in [4.78, 5) is 8.56. The number of rotatable bonds is 3. The summed E-state index contributed by atoms with van der Waals surface area (Å²) < 4.78 is 0. The van der Waals surface area contributed by atoms with Crippen LogP contribution in [0, 0.1) is 0 Å². The molecule has 0 saturated heterocycles. The molecule has 0 saturated carbocycles. The first-order chi connectivity index (χ1) is 4.65. The third kappa shape index (κ3) is 65.7. The molecule has 0 heterocycles. The Hall–Kier alpha value is 0.270. The molecule has 0 radical (unpaired) electrons. The summed E-state index contributed by atoms with van der Waals surface area (Å²) in [6.45, 7) is 4.46. The molecule has 0 aliphatic carbocycles. The quantitative estimate of drug-likeness (QED) is 0.462. The molecule has 0 amide bonds. The van der Waals surface area contributed by atoms with Crippen molar-refractivity contribution in [3.8, 4) is 0 Å². The van der Waals surface area contributed by atoms with Crippen LogP contribution in [0.15, 0.2) is 0 Å². The molecular formula is C7H17NaO3. The van der Waals surface area contributed by atoms with Crippen molar-refractivity contribution in [1.82, 2.24) is 0 Å². The van der Waals surface area contributed by atoms with Crippen LogP contribution in [0.5, 0.6) is 0 Å². The second-order valence-corrected chi connectivity index (χ2v) is 1.99. The third-order valence-corrected chi connectivity index (χ3v) is 0.957. The average Bonchev–Trinajstić information content (AvgIpc) is 1.82. The van der Waals surface area contributed by atoms with Crippen LogP contribution in [0.3, 0.4) is 0 Å². The number of hydrogen-bond donors (Lipinski definition) is 2. The molecule has 0 atom stereocenters. The van der Waals surface area contributed by atoms with Crippen molar-refractivity contribution in [3.63, 3.8) is 0 Å². The summed E-state index contributed by atoms with van der Waals surface area (Å²) in [5.41, 5.74) is 0. The van der Waals surface area contributed by atoms with E-state index in [-0.39, 0.29) is 31.0 Å². The number of carbonyl (C=O) groups is 1. The zero-order chi connectivity index (χ0) is 8.41. The normalized spacial score (nSPS) is 7.09. The topological polar surface area (TPSA) is 57.5 Å². The van der Waals surface area contributed by atoms with E-state index in [0.29, 0.717) is 0 Å². The molecule has 0 fully saturated rings. The molecule has 0 aromatic carbocycles. The first-order valence-corrected chi connectivity index (χ1v) is 3.57. The van der Waals surface area contributed by atoms with Gasteiger partial charge < -0.3 is 11.6 Å². The SMILES string of the molecule is CCCCCC.O=C(O)O.[H-].[Na+]. The molecule has 3 nitrogen and oxygen atoms in total. The van der Waals surface area contributed by atoms with Gasteiger partial charge in [0.05, 0.1) is 0 Å². The number of unbranched alkanes of at least 4 members (excludes halogenated alkanes) is 3. The van der Waals surface area contributed by atoms with Crippen molar-refractivity contribution in [2.24, 2.45) is 0 Å². The maximum atomic E-state index is 8.56. The van der Waals surface area contributed by atoms with Crippen molar-refractivity contribution in [2.75, 3.05) is 0 Å². The standard InChI is InChI=1S/C6H14.CH2O3.Na.H/c1-3-5-6-4-2;2-1(3)4;;/h3-6H2,1-2H3;(H2,2,3,4);;/q;;+1;-1. The Bertz CT molecular complexity index is 73.1. The molecule has 4 heteroatoms. The fourth-order valence-electron chi connectivity index (χ4n) is 0.500. The Morgan fingerprint density at radius 2 is 1.36 bits per heavy atom. The molecule has 64 valence electrons. The van der Waals surface area contributed by atoms with Crippen LogP contribution in [0.2, 0.25) is 0 Å². The second-order valence-electron chi connectivity index (χ2n) is 1.99. The summed E-state index contributed by atoms with van der Waals surface area (Å²) in [7, 11) is 0. The third-order valence-electron chi connectivity index (χ3n) is 0.957. The van der Waals surface area contributed by atoms with Gasteiger partial charge >= 0.3 is 35.7 Å². The molecule has 0 bridgehead atoms. The van der Waals surface area contributed by atoms with Gasteiger partial charge in [0.25, 0.3) is 0 Å². The summed E-state index contributed by atoms with van der Waals surface area (Å²) in [5.74, 6) is 0. The Kier molecular flexibility index (Phi) is 26.4. The van der Waals surface area contributed by atoms with Gasteiger partial charge in [0, 0.05) is 0 Å². The predicted octanol–water partition coefficient (Wildman–Crippen LogP) is -0.0745. The van der Waals surface area contributed by atoms with Crippen LogP contribution in [-0.4, -0.2) is 16.4 Å². The van der Waals surface area contributed by atoms with Gasteiger partial charge in [-0.05, 0) is 0 Å². The zero-order valence-electron chi connectivity index (χ0n) is 8.63. The molecule has 0 unspecified atom stereocenters. The van der Waals surface area contributed by atoms with E-state index in [4.69, 9.17) is 15.0 Å². The first kappa shape index (κ1) is 17.4. The molecule has 0 aliphatic heterocycles. The maximum Gasteiger partial charge on any atom is 1.00 e. The largest absolute Gasteiger partial charge is 1.00 e. The fraction of sp³-hybridized carbons (Fsp3) is 0.857. The molecule has 0 rings (SSSR count). The van der Waals surface area contributed by atoms with Crippen LogP contribution < -0.4 is 29.6 Å². The minimum atomic E-state index is -1.83. The Morgan fingerprint density at radius 1 is 1.18 bits per heavy atom. The molecular weight excluding hydrogens is 155 g/mol. The molecule has 0 aromatic heterocycles. The van der Waals surface area contributed by atoms with Gasteiger partial charge in [0.1, 0.15) is 0 Å². The van der Waals surface area contributed by atoms with Crippen molar-refractivity contribution < 1.29 is 46.0 Å². The Labute approximate surface area is 91.6 Å². The van der Waals surface area contributed by atoms with E-state index in [1.807, 2.05) is 0 Å². The van der Waals surface area contributed by atoms with E-state index in [0.717, 1.165) is 0 Å².